The topological polar surface area (TPSA) is 18.5 Å². The number of hydrogen-bond acceptors (Lipinski definition) is 2. The van der Waals surface area contributed by atoms with Gasteiger partial charge in [0.2, 0.25) is 0 Å². The van der Waals surface area contributed by atoms with E-state index in [0.29, 0.717) is 0 Å². The van der Waals surface area contributed by atoms with Gasteiger partial charge in [0, 0.05) is 11.0 Å². The molecule has 270 valence electrons. The Morgan fingerprint density at radius 3 is 1.65 bits per heavy atom. The Bertz CT molecular complexity index is 3010. The largest absolute Gasteiger partial charge is 0.458 e. The molecule has 0 radical (unpaired) electrons. The molecule has 0 spiro atoms. The lowest BCUT2D eigenvalue weighted by Gasteiger charge is -2.34. The number of ether oxygens (including phenoxy) is 2. The maximum atomic E-state index is 7.03. The summed E-state index contributed by atoms with van der Waals surface area (Å²) < 4.78 is 13.8. The Balaban J connectivity index is 1.12. The minimum atomic E-state index is -0.0467. The summed E-state index contributed by atoms with van der Waals surface area (Å²) in [7, 11) is 0. The zero-order valence-corrected chi connectivity index (χ0v) is 32.2. The second-order valence-corrected chi connectivity index (χ2v) is 16.3. The summed E-state index contributed by atoms with van der Waals surface area (Å²) in [5.41, 5.74) is 14.2. The summed E-state index contributed by atoms with van der Waals surface area (Å²) in [6, 6.07) is 65.8. The second-order valence-electron chi connectivity index (χ2n) is 16.3. The molecule has 0 bridgehead atoms. The molecule has 3 heteroatoms. The van der Waals surface area contributed by atoms with Crippen LogP contribution in [0.5, 0.6) is 23.0 Å². The van der Waals surface area contributed by atoms with Gasteiger partial charge in [-0.2, -0.15) is 0 Å². The minimum absolute atomic E-state index is 0.00367. The molecule has 2 aliphatic rings. The Morgan fingerprint density at radius 2 is 0.947 bits per heavy atom. The van der Waals surface area contributed by atoms with E-state index in [4.69, 9.17) is 9.47 Å². The standard InChI is InChI=1S/C54H39BO2/c1-54(2,3)44-27-14-13-19-36(44)35-31-32-45-49(33-35)56-47-29-16-30-48-52(47)55(45)46-28-15-26-43(53(46)57-48)37-20-7-8-21-38(37)51-41-24-11-9-22-39(41)50(34-17-5-4-6-18-34)40-23-10-12-25-42(40)51/h4-33H,1-3H3. The molecule has 57 heavy (non-hydrogen) atoms. The molecule has 0 aromatic heterocycles. The average Bonchev–Trinajstić information content (AvgIpc) is 3.25. The van der Waals surface area contributed by atoms with Gasteiger partial charge in [0.15, 0.2) is 0 Å². The maximum absolute atomic E-state index is 7.03. The SMILES string of the molecule is CC(C)(C)c1ccccc1-c1ccc2c(c1)Oc1cccc3c1B2c1cccc(-c2ccccc2-c2c4ccccc4c(-c4ccccc4)c4ccccc24)c1O3. The predicted molar refractivity (Wildman–Crippen MR) is 240 cm³/mol. The van der Waals surface area contributed by atoms with Gasteiger partial charge < -0.3 is 9.47 Å². The fourth-order valence-electron chi connectivity index (χ4n) is 9.49. The van der Waals surface area contributed by atoms with Gasteiger partial charge in [-0.3, -0.25) is 0 Å². The van der Waals surface area contributed by atoms with Crippen LogP contribution >= 0.6 is 0 Å². The van der Waals surface area contributed by atoms with Crippen molar-refractivity contribution in [2.24, 2.45) is 0 Å². The van der Waals surface area contributed by atoms with Crippen molar-refractivity contribution in [3.63, 3.8) is 0 Å². The van der Waals surface area contributed by atoms with E-state index in [1.807, 2.05) is 6.07 Å². The van der Waals surface area contributed by atoms with Crippen molar-refractivity contribution < 1.29 is 9.47 Å². The monoisotopic (exact) mass is 730 g/mol. The third-order valence-corrected chi connectivity index (χ3v) is 12.0. The van der Waals surface area contributed by atoms with Crippen LogP contribution in [0.3, 0.4) is 0 Å². The van der Waals surface area contributed by atoms with Gasteiger partial charge in [0.05, 0.1) is 0 Å². The highest BCUT2D eigenvalue weighted by Crippen LogP contribution is 2.48. The van der Waals surface area contributed by atoms with Crippen molar-refractivity contribution in [2.75, 3.05) is 0 Å². The van der Waals surface area contributed by atoms with E-state index in [-0.39, 0.29) is 12.1 Å². The molecule has 9 aromatic rings. The highest BCUT2D eigenvalue weighted by molar-refractivity contribution is 6.98. The van der Waals surface area contributed by atoms with Crippen LogP contribution in [-0.2, 0) is 5.41 Å². The fourth-order valence-corrected chi connectivity index (χ4v) is 9.49. The second kappa shape index (κ2) is 12.9. The van der Waals surface area contributed by atoms with Crippen molar-refractivity contribution in [1.29, 1.82) is 0 Å². The van der Waals surface area contributed by atoms with Gasteiger partial charge in [-0.1, -0.05) is 185 Å². The molecule has 0 atom stereocenters. The highest BCUT2D eigenvalue weighted by Gasteiger charge is 2.41. The Labute approximate surface area is 334 Å². The van der Waals surface area contributed by atoms with Gasteiger partial charge in [-0.15, -0.1) is 0 Å². The maximum Gasteiger partial charge on any atom is 0.260 e. The smallest absolute Gasteiger partial charge is 0.260 e. The van der Waals surface area contributed by atoms with Crippen molar-refractivity contribution in [3.8, 4) is 67.5 Å². The average molecular weight is 731 g/mol. The van der Waals surface area contributed by atoms with E-state index in [0.717, 1.165) is 56.1 Å². The van der Waals surface area contributed by atoms with E-state index in [1.165, 1.54) is 54.9 Å². The lowest BCUT2D eigenvalue weighted by Crippen LogP contribution is -2.57. The van der Waals surface area contributed by atoms with Gasteiger partial charge in [-0.25, -0.2) is 0 Å². The molecule has 0 fully saturated rings. The lowest BCUT2D eigenvalue weighted by molar-refractivity contribution is 0.465. The van der Waals surface area contributed by atoms with E-state index in [2.05, 4.69) is 197 Å². The van der Waals surface area contributed by atoms with Gasteiger partial charge in [0.1, 0.15) is 23.0 Å². The Hall–Kier alpha value is -6.84. The molecule has 11 rings (SSSR count). The van der Waals surface area contributed by atoms with Crippen molar-refractivity contribution in [1.82, 2.24) is 0 Å². The Morgan fingerprint density at radius 1 is 0.386 bits per heavy atom. The van der Waals surface area contributed by atoms with Crippen LogP contribution in [0.15, 0.2) is 182 Å². The quantitative estimate of drug-likeness (QED) is 0.133. The molecular weight excluding hydrogens is 691 g/mol. The molecule has 2 heterocycles. The first-order chi connectivity index (χ1) is 27.9. The van der Waals surface area contributed by atoms with Crippen LogP contribution in [0.1, 0.15) is 26.3 Å². The predicted octanol–water partition coefficient (Wildman–Crippen LogP) is 12.7. The number of benzene rings is 9. The van der Waals surface area contributed by atoms with E-state index >= 15 is 0 Å². The van der Waals surface area contributed by atoms with Gasteiger partial charge in [-0.05, 0) is 101 Å². The molecular formula is C54H39BO2. The summed E-state index contributed by atoms with van der Waals surface area (Å²) in [4.78, 5) is 0. The minimum Gasteiger partial charge on any atom is -0.458 e. The zero-order valence-electron chi connectivity index (χ0n) is 32.2. The number of fused-ring (bicyclic) bond motifs is 6. The third kappa shape index (κ3) is 5.26. The summed E-state index contributed by atoms with van der Waals surface area (Å²) in [5, 5.41) is 4.93. The first kappa shape index (κ1) is 33.5. The van der Waals surface area contributed by atoms with Crippen LogP contribution in [-0.4, -0.2) is 6.71 Å². The van der Waals surface area contributed by atoms with E-state index in [1.54, 1.807) is 0 Å². The molecule has 2 aliphatic heterocycles. The van der Waals surface area contributed by atoms with Crippen LogP contribution < -0.4 is 25.9 Å². The molecule has 0 amide bonds. The van der Waals surface area contributed by atoms with Crippen molar-refractivity contribution >= 4 is 44.6 Å². The molecule has 2 nitrogen and oxygen atoms in total. The molecule has 0 N–H and O–H groups in total. The number of hydrogen-bond donors (Lipinski definition) is 0. The van der Waals surface area contributed by atoms with Gasteiger partial charge >= 0.3 is 0 Å². The van der Waals surface area contributed by atoms with Crippen LogP contribution in [0.4, 0.5) is 0 Å². The lowest BCUT2D eigenvalue weighted by atomic mass is 9.34. The van der Waals surface area contributed by atoms with E-state index < -0.39 is 0 Å². The van der Waals surface area contributed by atoms with Crippen LogP contribution in [0, 0.1) is 0 Å². The molecule has 9 aromatic carbocycles. The van der Waals surface area contributed by atoms with Gasteiger partial charge in [0.25, 0.3) is 6.71 Å². The zero-order chi connectivity index (χ0) is 38.3. The fraction of sp³-hybridized carbons (Fsp3) is 0.0741. The molecule has 0 aliphatic carbocycles. The molecule has 0 saturated heterocycles. The summed E-state index contributed by atoms with van der Waals surface area (Å²) >= 11 is 0. The first-order valence-electron chi connectivity index (χ1n) is 19.9. The number of rotatable bonds is 4. The van der Waals surface area contributed by atoms with Crippen LogP contribution in [0.25, 0.3) is 66.1 Å². The molecule has 0 saturated carbocycles. The summed E-state index contributed by atoms with van der Waals surface area (Å²) in [6.45, 7) is 6.78. The first-order valence-corrected chi connectivity index (χ1v) is 19.9. The third-order valence-electron chi connectivity index (χ3n) is 12.0. The van der Waals surface area contributed by atoms with Crippen LogP contribution in [0.2, 0.25) is 0 Å². The van der Waals surface area contributed by atoms with Crippen molar-refractivity contribution in [2.45, 2.75) is 26.2 Å². The Kier molecular flexibility index (Phi) is 7.56. The summed E-state index contributed by atoms with van der Waals surface area (Å²) in [5.74, 6) is 3.47. The van der Waals surface area contributed by atoms with E-state index in [9.17, 15) is 0 Å². The highest BCUT2D eigenvalue weighted by atomic mass is 16.5. The normalized spacial score (nSPS) is 12.7. The molecule has 0 unspecified atom stereocenters. The number of para-hydroxylation sites is 1. The summed E-state index contributed by atoms with van der Waals surface area (Å²) in [6.07, 6.45) is 0. The van der Waals surface area contributed by atoms with Crippen molar-refractivity contribution in [3.05, 3.63) is 188 Å².